The number of carbonyl (C=O) groups excluding carboxylic acids is 2. The fourth-order valence-electron chi connectivity index (χ4n) is 14.2. The summed E-state index contributed by atoms with van der Waals surface area (Å²) >= 11 is 0. The predicted octanol–water partition coefficient (Wildman–Crippen LogP) is 9.35. The highest BCUT2D eigenvalue weighted by Crippen LogP contribution is 2.77. The summed E-state index contributed by atoms with van der Waals surface area (Å²) in [5.41, 5.74) is 4.98. The van der Waals surface area contributed by atoms with E-state index in [0.29, 0.717) is 48.1 Å². The van der Waals surface area contributed by atoms with E-state index in [2.05, 4.69) is 64.8 Å². The molecule has 0 spiro atoms. The van der Waals surface area contributed by atoms with Gasteiger partial charge in [0.1, 0.15) is 0 Å². The van der Waals surface area contributed by atoms with Gasteiger partial charge in [0.15, 0.2) is 0 Å². The minimum Gasteiger partial charge on any atom is -0.478 e. The molecule has 0 radical (unpaired) electrons. The molecule has 3 N–H and O–H groups in total. The molecule has 52 heavy (non-hydrogen) atoms. The Morgan fingerprint density at radius 1 is 0.923 bits per heavy atom. The Morgan fingerprint density at radius 2 is 1.67 bits per heavy atom. The SMILES string of the molecule is C=C(C)[C@@H]1CC[C@]2(CNC(=O)NCCCN3CCCC3=O)CC[C@]3(C)[C@H](CC[C@@H]4[C@@]5(C)CC=C(c6ccc(C(=O)O)cc6)C(C)(C)[C@@H]5CC[C@]43C)[C@@H]12. The van der Waals surface area contributed by atoms with E-state index < -0.39 is 5.97 Å². The van der Waals surface area contributed by atoms with Gasteiger partial charge in [-0.3, -0.25) is 4.79 Å². The second kappa shape index (κ2) is 13.3. The van der Waals surface area contributed by atoms with Crippen molar-refractivity contribution in [1.82, 2.24) is 15.5 Å². The van der Waals surface area contributed by atoms with Crippen molar-refractivity contribution in [2.24, 2.45) is 56.7 Å². The lowest BCUT2D eigenvalue weighted by atomic mass is 9.32. The number of nitrogens with zero attached hydrogens (tertiary/aromatic N) is 1. The minimum atomic E-state index is -0.875. The van der Waals surface area contributed by atoms with Gasteiger partial charge in [0, 0.05) is 32.6 Å². The van der Waals surface area contributed by atoms with Gasteiger partial charge in [0.2, 0.25) is 5.91 Å². The number of fused-ring (bicyclic) bond motifs is 7. The number of hydrogen-bond donors (Lipinski definition) is 3. The fraction of sp³-hybridized carbons (Fsp3) is 0.711. The van der Waals surface area contributed by atoms with Crippen molar-refractivity contribution in [3.05, 3.63) is 53.6 Å². The van der Waals surface area contributed by atoms with Gasteiger partial charge >= 0.3 is 12.0 Å². The van der Waals surface area contributed by atoms with Crippen LogP contribution in [0.5, 0.6) is 0 Å². The number of carboxylic acid groups (broad SMARTS) is 1. The maximum atomic E-state index is 13.2. The quantitative estimate of drug-likeness (QED) is 0.176. The van der Waals surface area contributed by atoms with E-state index in [-0.39, 0.29) is 39.0 Å². The summed E-state index contributed by atoms with van der Waals surface area (Å²) in [7, 11) is 0. The zero-order valence-corrected chi connectivity index (χ0v) is 32.9. The first kappa shape index (κ1) is 37.2. The third-order valence-electron chi connectivity index (χ3n) is 16.9. The topological polar surface area (TPSA) is 98.7 Å². The van der Waals surface area contributed by atoms with Crippen molar-refractivity contribution in [3.8, 4) is 0 Å². The lowest BCUT2D eigenvalue weighted by Gasteiger charge is -2.72. The summed E-state index contributed by atoms with van der Waals surface area (Å²) in [6.07, 6.45) is 15.7. The van der Waals surface area contributed by atoms with Crippen molar-refractivity contribution in [2.45, 2.75) is 119 Å². The highest BCUT2D eigenvalue weighted by Gasteiger charge is 2.70. The highest BCUT2D eigenvalue weighted by molar-refractivity contribution is 5.88. The lowest BCUT2D eigenvalue weighted by molar-refractivity contribution is -0.224. The molecule has 1 aromatic carbocycles. The van der Waals surface area contributed by atoms with Crippen molar-refractivity contribution in [1.29, 1.82) is 0 Å². The molecule has 0 bridgehead atoms. The molecule has 284 valence electrons. The average molecular weight is 712 g/mol. The van der Waals surface area contributed by atoms with E-state index >= 15 is 0 Å². The Labute approximate surface area is 312 Å². The van der Waals surface area contributed by atoms with Gasteiger partial charge in [-0.15, -0.1) is 0 Å². The minimum absolute atomic E-state index is 0.00706. The number of rotatable bonds is 9. The van der Waals surface area contributed by atoms with Crippen molar-refractivity contribution in [3.63, 3.8) is 0 Å². The maximum absolute atomic E-state index is 13.2. The van der Waals surface area contributed by atoms with E-state index in [1.807, 2.05) is 17.0 Å². The first-order valence-corrected chi connectivity index (χ1v) is 20.6. The fourth-order valence-corrected chi connectivity index (χ4v) is 14.2. The Bertz CT molecular complexity index is 1630. The van der Waals surface area contributed by atoms with E-state index in [9.17, 15) is 19.5 Å². The molecule has 1 saturated heterocycles. The molecule has 7 nitrogen and oxygen atoms in total. The molecule has 7 rings (SSSR count). The summed E-state index contributed by atoms with van der Waals surface area (Å²) in [6.45, 7) is 22.6. The van der Waals surface area contributed by atoms with Crippen LogP contribution in [0, 0.1) is 56.7 Å². The van der Waals surface area contributed by atoms with Gasteiger partial charge in [-0.2, -0.15) is 0 Å². The summed E-state index contributed by atoms with van der Waals surface area (Å²) in [4.78, 5) is 38.6. The molecule has 1 aliphatic heterocycles. The summed E-state index contributed by atoms with van der Waals surface area (Å²) < 4.78 is 0. The molecule has 4 saturated carbocycles. The number of allylic oxidation sites excluding steroid dienone is 3. The van der Waals surface area contributed by atoms with Crippen LogP contribution >= 0.6 is 0 Å². The third kappa shape index (κ3) is 5.77. The van der Waals surface area contributed by atoms with Crippen molar-refractivity contribution >= 4 is 23.5 Å². The van der Waals surface area contributed by atoms with Crippen LogP contribution in [0.2, 0.25) is 0 Å². The number of benzene rings is 1. The Morgan fingerprint density at radius 3 is 2.35 bits per heavy atom. The second-order valence-electron chi connectivity index (χ2n) is 19.4. The number of likely N-dealkylation sites (tertiary alicyclic amines) is 1. The van der Waals surface area contributed by atoms with Crippen molar-refractivity contribution < 1.29 is 19.5 Å². The van der Waals surface area contributed by atoms with Crippen LogP contribution in [-0.4, -0.2) is 54.1 Å². The van der Waals surface area contributed by atoms with E-state index in [4.69, 9.17) is 0 Å². The molecule has 7 heteroatoms. The van der Waals surface area contributed by atoms with Crippen LogP contribution in [0.25, 0.3) is 5.57 Å². The third-order valence-corrected chi connectivity index (χ3v) is 16.9. The molecule has 1 heterocycles. The number of nitrogens with one attached hydrogen (secondary N) is 2. The summed E-state index contributed by atoms with van der Waals surface area (Å²) in [5.74, 6) is 2.23. The molecule has 5 fully saturated rings. The van der Waals surface area contributed by atoms with Crippen molar-refractivity contribution in [2.75, 3.05) is 26.2 Å². The predicted molar refractivity (Wildman–Crippen MR) is 208 cm³/mol. The molecule has 1 aromatic rings. The number of urea groups is 1. The van der Waals surface area contributed by atoms with Gasteiger partial charge < -0.3 is 20.6 Å². The average Bonchev–Trinajstić information content (AvgIpc) is 3.69. The first-order chi connectivity index (χ1) is 24.6. The normalized spacial score (nSPS) is 39.0. The molecule has 9 atom stereocenters. The molecule has 0 unspecified atom stereocenters. The van der Waals surface area contributed by atoms with E-state index in [0.717, 1.165) is 57.3 Å². The number of carbonyl (C=O) groups is 3. The van der Waals surface area contributed by atoms with Crippen LogP contribution in [0.1, 0.15) is 135 Å². The largest absolute Gasteiger partial charge is 0.478 e. The van der Waals surface area contributed by atoms with Crippen LogP contribution in [-0.2, 0) is 4.79 Å². The zero-order valence-electron chi connectivity index (χ0n) is 32.9. The Balaban J connectivity index is 1.09. The van der Waals surface area contributed by atoms with Crippen LogP contribution in [0.15, 0.2) is 42.5 Å². The van der Waals surface area contributed by atoms with Gasteiger partial charge in [0.05, 0.1) is 5.56 Å². The number of carboxylic acids is 1. The molecule has 0 aromatic heterocycles. The monoisotopic (exact) mass is 711 g/mol. The summed E-state index contributed by atoms with van der Waals surface area (Å²) in [6, 6.07) is 7.48. The summed E-state index contributed by atoms with van der Waals surface area (Å²) in [5, 5.41) is 16.0. The van der Waals surface area contributed by atoms with Gasteiger partial charge in [-0.1, -0.05) is 65.0 Å². The first-order valence-electron chi connectivity index (χ1n) is 20.6. The van der Waals surface area contributed by atoms with Gasteiger partial charge in [-0.05, 0) is 157 Å². The smallest absolute Gasteiger partial charge is 0.335 e. The molecular weight excluding hydrogens is 647 g/mol. The van der Waals surface area contributed by atoms with E-state index in [1.165, 1.54) is 49.7 Å². The number of hydrogen-bond acceptors (Lipinski definition) is 3. The van der Waals surface area contributed by atoms with Crippen LogP contribution in [0.3, 0.4) is 0 Å². The van der Waals surface area contributed by atoms with Crippen LogP contribution < -0.4 is 10.6 Å². The zero-order chi connectivity index (χ0) is 37.3. The van der Waals surface area contributed by atoms with E-state index in [1.54, 1.807) is 12.1 Å². The molecule has 3 amide bonds. The van der Waals surface area contributed by atoms with Gasteiger partial charge in [0.25, 0.3) is 0 Å². The molecule has 5 aliphatic carbocycles. The van der Waals surface area contributed by atoms with Crippen LogP contribution in [0.4, 0.5) is 4.79 Å². The second-order valence-corrected chi connectivity index (χ2v) is 19.4. The highest BCUT2D eigenvalue weighted by atomic mass is 16.4. The Hall–Kier alpha value is -3.09. The van der Waals surface area contributed by atoms with Gasteiger partial charge in [-0.25, -0.2) is 9.59 Å². The lowest BCUT2D eigenvalue weighted by Crippen LogP contribution is -2.66. The standard InChI is InChI=1S/C45H65N3O4/c1-29(2)32-17-22-45(28-47-40(52)46-25-9-27-48-26-8-10-37(48)49)24-23-43(6)34(38(32)45)15-16-36-42(5)20-18-33(30-11-13-31(14-12-30)39(50)51)41(3,4)35(42)19-21-44(36,43)7/h11-14,18,32,34-36,38H,1,8-10,15-17,19-28H2,2-7H3,(H,50,51)(H2,46,47,52)/t32-,34+,35-,36+,38+,42-,43+,44+,45+/m0/s1. The maximum Gasteiger partial charge on any atom is 0.335 e. The Kier molecular flexibility index (Phi) is 9.55. The number of amides is 3. The molecular formula is C45H65N3O4. The number of aromatic carboxylic acids is 1. The molecule has 6 aliphatic rings.